The van der Waals surface area contributed by atoms with Crippen molar-refractivity contribution in [1.82, 2.24) is 4.90 Å². The summed E-state index contributed by atoms with van der Waals surface area (Å²) in [5, 5.41) is 0. The molecule has 0 fully saturated rings. The molecule has 3 nitrogen and oxygen atoms in total. The standard InChI is InChI=1S/C20H26N2OS/c1-20(2,3)24(23)21-14-15-22(16-18-10-6-4-7-11-18)17-19-12-8-5-9-13-19/h4-14H,15-17H2,1-3H3/b21-14+. The van der Waals surface area contributed by atoms with Gasteiger partial charge in [-0.3, -0.25) is 4.90 Å². The minimum absolute atomic E-state index is 0.319. The van der Waals surface area contributed by atoms with E-state index >= 15 is 0 Å². The topological polar surface area (TPSA) is 38.7 Å². The van der Waals surface area contributed by atoms with E-state index in [9.17, 15) is 4.55 Å². The van der Waals surface area contributed by atoms with Crippen LogP contribution in [-0.4, -0.2) is 27.0 Å². The lowest BCUT2D eigenvalue weighted by atomic mass is 10.1. The molecule has 0 spiro atoms. The van der Waals surface area contributed by atoms with Crippen molar-refractivity contribution in [3.63, 3.8) is 0 Å². The van der Waals surface area contributed by atoms with Crippen molar-refractivity contribution in [3.05, 3.63) is 71.8 Å². The first-order valence-corrected chi connectivity index (χ1v) is 9.30. The van der Waals surface area contributed by atoms with Gasteiger partial charge in [-0.15, -0.1) is 0 Å². The van der Waals surface area contributed by atoms with Crippen LogP contribution in [0.1, 0.15) is 31.9 Å². The molecule has 0 aliphatic rings. The van der Waals surface area contributed by atoms with Gasteiger partial charge in [0.15, 0.2) is 0 Å². The van der Waals surface area contributed by atoms with Crippen molar-refractivity contribution in [2.75, 3.05) is 6.54 Å². The Bertz CT molecular complexity index is 582. The third-order valence-electron chi connectivity index (χ3n) is 3.53. The monoisotopic (exact) mass is 342 g/mol. The van der Waals surface area contributed by atoms with Gasteiger partial charge in [0.2, 0.25) is 0 Å². The van der Waals surface area contributed by atoms with Crippen LogP contribution in [0.4, 0.5) is 0 Å². The molecule has 0 radical (unpaired) electrons. The molecule has 0 aliphatic carbocycles. The van der Waals surface area contributed by atoms with Gasteiger partial charge in [-0.05, 0) is 31.9 Å². The van der Waals surface area contributed by atoms with Crippen LogP contribution in [-0.2, 0) is 24.5 Å². The predicted molar refractivity (Wildman–Crippen MR) is 103 cm³/mol. The van der Waals surface area contributed by atoms with Crippen molar-refractivity contribution < 1.29 is 4.55 Å². The molecule has 0 amide bonds. The molecule has 0 N–H and O–H groups in total. The third-order valence-corrected chi connectivity index (χ3v) is 4.92. The lowest BCUT2D eigenvalue weighted by Crippen LogP contribution is -2.28. The van der Waals surface area contributed by atoms with Crippen LogP contribution >= 0.6 is 0 Å². The quantitative estimate of drug-likeness (QED) is 0.558. The first-order valence-electron chi connectivity index (χ1n) is 8.20. The molecule has 0 saturated heterocycles. The summed E-state index contributed by atoms with van der Waals surface area (Å²) in [5.74, 6) is 0. The summed E-state index contributed by atoms with van der Waals surface area (Å²) < 4.78 is 16.0. The van der Waals surface area contributed by atoms with Crippen LogP contribution in [0.2, 0.25) is 0 Å². The molecule has 4 heteroatoms. The van der Waals surface area contributed by atoms with E-state index in [2.05, 4.69) is 57.8 Å². The highest BCUT2D eigenvalue weighted by molar-refractivity contribution is 7.91. The summed E-state index contributed by atoms with van der Waals surface area (Å²) in [6, 6.07) is 20.8. The Morgan fingerprint density at radius 3 is 1.79 bits per heavy atom. The lowest BCUT2D eigenvalue weighted by Gasteiger charge is -2.21. The molecular weight excluding hydrogens is 316 g/mol. The van der Waals surface area contributed by atoms with Gasteiger partial charge in [-0.2, -0.15) is 0 Å². The summed E-state index contributed by atoms with van der Waals surface area (Å²) in [4.78, 5) is 2.30. The molecule has 2 rings (SSSR count). The molecule has 24 heavy (non-hydrogen) atoms. The molecule has 2 aromatic carbocycles. The molecule has 1 unspecified atom stereocenters. The zero-order valence-corrected chi connectivity index (χ0v) is 15.5. The SMILES string of the molecule is CC(C)(C)[S+]([O-])/N=C/CN(Cc1ccccc1)Cc1ccccc1. The van der Waals surface area contributed by atoms with Gasteiger partial charge in [-0.1, -0.05) is 65.1 Å². The van der Waals surface area contributed by atoms with Gasteiger partial charge in [-0.25, -0.2) is 0 Å². The average molecular weight is 343 g/mol. The van der Waals surface area contributed by atoms with E-state index < -0.39 is 11.4 Å². The van der Waals surface area contributed by atoms with Gasteiger partial charge < -0.3 is 4.55 Å². The van der Waals surface area contributed by atoms with E-state index in [0.717, 1.165) is 13.1 Å². The Kier molecular flexibility index (Phi) is 7.03. The summed E-state index contributed by atoms with van der Waals surface area (Å²) >= 11 is -1.20. The lowest BCUT2D eigenvalue weighted by molar-refractivity contribution is 0.297. The van der Waals surface area contributed by atoms with E-state index in [0.29, 0.717) is 6.54 Å². The summed E-state index contributed by atoms with van der Waals surface area (Å²) in [7, 11) is 0. The summed E-state index contributed by atoms with van der Waals surface area (Å²) in [6.45, 7) is 8.16. The van der Waals surface area contributed by atoms with Crippen molar-refractivity contribution >= 4 is 17.6 Å². The minimum Gasteiger partial charge on any atom is -0.591 e. The van der Waals surface area contributed by atoms with Crippen molar-refractivity contribution in [1.29, 1.82) is 0 Å². The van der Waals surface area contributed by atoms with Crippen LogP contribution in [0.3, 0.4) is 0 Å². The van der Waals surface area contributed by atoms with Crippen LogP contribution in [0.5, 0.6) is 0 Å². The highest BCUT2D eigenvalue weighted by Gasteiger charge is 2.25. The van der Waals surface area contributed by atoms with Crippen molar-refractivity contribution in [2.24, 2.45) is 4.40 Å². The highest BCUT2D eigenvalue weighted by atomic mass is 32.2. The Balaban J connectivity index is 2.03. The second-order valence-electron chi connectivity index (χ2n) is 6.79. The van der Waals surface area contributed by atoms with E-state index in [4.69, 9.17) is 0 Å². The maximum Gasteiger partial charge on any atom is 0.144 e. The fraction of sp³-hybridized carbons (Fsp3) is 0.350. The first kappa shape index (κ1) is 18.7. The van der Waals surface area contributed by atoms with Gasteiger partial charge in [0.25, 0.3) is 0 Å². The fourth-order valence-electron chi connectivity index (χ4n) is 2.24. The normalized spacial score (nSPS) is 13.5. The van der Waals surface area contributed by atoms with E-state index in [1.807, 2.05) is 32.9 Å². The molecule has 0 saturated carbocycles. The number of benzene rings is 2. The van der Waals surface area contributed by atoms with Gasteiger partial charge >= 0.3 is 0 Å². The van der Waals surface area contributed by atoms with E-state index in [1.54, 1.807) is 6.21 Å². The summed E-state index contributed by atoms with van der Waals surface area (Å²) in [5.41, 5.74) is 2.53. The largest absolute Gasteiger partial charge is 0.591 e. The van der Waals surface area contributed by atoms with E-state index in [1.165, 1.54) is 11.1 Å². The first-order chi connectivity index (χ1) is 11.4. The highest BCUT2D eigenvalue weighted by Crippen LogP contribution is 2.16. The Hall–Kier alpha value is -1.62. The van der Waals surface area contributed by atoms with Crippen LogP contribution in [0, 0.1) is 0 Å². The van der Waals surface area contributed by atoms with Crippen LogP contribution in [0.15, 0.2) is 65.1 Å². The van der Waals surface area contributed by atoms with Gasteiger partial charge in [0.05, 0.1) is 6.21 Å². The Labute approximate surface area is 148 Å². The zero-order chi connectivity index (χ0) is 17.4. The number of nitrogens with zero attached hydrogens (tertiary/aromatic N) is 2. The Morgan fingerprint density at radius 1 is 0.917 bits per heavy atom. The molecule has 0 heterocycles. The second-order valence-corrected chi connectivity index (χ2v) is 8.72. The van der Waals surface area contributed by atoms with Crippen molar-refractivity contribution in [3.8, 4) is 0 Å². The molecule has 0 aromatic heterocycles. The number of rotatable bonds is 7. The maximum atomic E-state index is 12.1. The number of hydrogen-bond acceptors (Lipinski definition) is 3. The van der Waals surface area contributed by atoms with Gasteiger partial charge in [0.1, 0.15) is 16.1 Å². The minimum atomic E-state index is -1.20. The Morgan fingerprint density at radius 2 is 1.38 bits per heavy atom. The summed E-state index contributed by atoms with van der Waals surface area (Å²) in [6.07, 6.45) is 1.78. The molecule has 2 aromatic rings. The molecule has 128 valence electrons. The molecular formula is C20H26N2OS. The smallest absolute Gasteiger partial charge is 0.144 e. The molecule has 0 bridgehead atoms. The third kappa shape index (κ3) is 6.48. The molecule has 1 atom stereocenters. The number of hydrogen-bond donors (Lipinski definition) is 0. The van der Waals surface area contributed by atoms with Crippen molar-refractivity contribution in [2.45, 2.75) is 38.6 Å². The van der Waals surface area contributed by atoms with E-state index in [-0.39, 0.29) is 4.75 Å². The zero-order valence-electron chi connectivity index (χ0n) is 14.7. The average Bonchev–Trinajstić information content (AvgIpc) is 2.55. The van der Waals surface area contributed by atoms with Gasteiger partial charge in [0, 0.05) is 19.6 Å². The predicted octanol–water partition coefficient (Wildman–Crippen LogP) is 4.22. The fourth-order valence-corrected chi connectivity index (χ4v) is 2.76. The molecule has 0 aliphatic heterocycles. The maximum absolute atomic E-state index is 12.1. The van der Waals surface area contributed by atoms with Crippen LogP contribution in [0.25, 0.3) is 0 Å². The second kappa shape index (κ2) is 9.02. The van der Waals surface area contributed by atoms with Crippen LogP contribution < -0.4 is 0 Å².